The molecule has 2 atom stereocenters. The maximum Gasteiger partial charge on any atom is 0.0733 e. The van der Waals surface area contributed by atoms with E-state index in [9.17, 15) is 5.11 Å². The van der Waals surface area contributed by atoms with Crippen molar-refractivity contribution in [3.05, 3.63) is 29.6 Å². The third kappa shape index (κ3) is 1.81. The van der Waals surface area contributed by atoms with Crippen LogP contribution >= 0.6 is 0 Å². The van der Waals surface area contributed by atoms with E-state index in [2.05, 4.69) is 4.98 Å². The van der Waals surface area contributed by atoms with E-state index in [0.29, 0.717) is 0 Å². The summed E-state index contributed by atoms with van der Waals surface area (Å²) in [5.41, 5.74) is 7.52. The number of hydrogen-bond donors (Lipinski definition) is 2. The summed E-state index contributed by atoms with van der Waals surface area (Å²) >= 11 is 0. The lowest BCUT2D eigenvalue weighted by atomic mass is 10.1. The average molecular weight is 166 g/mol. The third-order valence-corrected chi connectivity index (χ3v) is 1.89. The third-order valence-electron chi connectivity index (χ3n) is 1.89. The van der Waals surface area contributed by atoms with Gasteiger partial charge in [-0.25, -0.2) is 0 Å². The maximum atomic E-state index is 9.23. The van der Waals surface area contributed by atoms with Crippen LogP contribution in [0.3, 0.4) is 0 Å². The van der Waals surface area contributed by atoms with Gasteiger partial charge in [-0.1, -0.05) is 6.07 Å². The van der Waals surface area contributed by atoms with Gasteiger partial charge in [0.05, 0.1) is 17.8 Å². The van der Waals surface area contributed by atoms with Crippen LogP contribution in [0.5, 0.6) is 0 Å². The largest absolute Gasteiger partial charge is 0.391 e. The van der Waals surface area contributed by atoms with Crippen molar-refractivity contribution in [2.45, 2.75) is 26.0 Å². The van der Waals surface area contributed by atoms with Gasteiger partial charge in [0.1, 0.15) is 0 Å². The first-order valence-corrected chi connectivity index (χ1v) is 3.98. The molecular weight excluding hydrogens is 152 g/mol. The molecule has 0 saturated carbocycles. The SMILES string of the molecule is Cc1cccnc1C(N)C(C)O. The molecule has 3 heteroatoms. The van der Waals surface area contributed by atoms with Crippen molar-refractivity contribution in [3.63, 3.8) is 0 Å². The number of rotatable bonds is 2. The van der Waals surface area contributed by atoms with Gasteiger partial charge >= 0.3 is 0 Å². The lowest BCUT2D eigenvalue weighted by Gasteiger charge is -2.15. The minimum atomic E-state index is -0.557. The molecule has 0 radical (unpaired) electrons. The van der Waals surface area contributed by atoms with Gasteiger partial charge in [0.2, 0.25) is 0 Å². The summed E-state index contributed by atoms with van der Waals surface area (Å²) in [5.74, 6) is 0. The summed E-state index contributed by atoms with van der Waals surface area (Å²) in [6.07, 6.45) is 1.13. The molecule has 1 aromatic heterocycles. The van der Waals surface area contributed by atoms with Crippen LogP contribution in [0.1, 0.15) is 24.2 Å². The molecule has 0 aliphatic carbocycles. The van der Waals surface area contributed by atoms with Crippen molar-refractivity contribution in [2.24, 2.45) is 5.73 Å². The molecule has 66 valence electrons. The van der Waals surface area contributed by atoms with Crippen molar-refractivity contribution in [1.29, 1.82) is 0 Å². The van der Waals surface area contributed by atoms with Crippen LogP contribution in [-0.4, -0.2) is 16.2 Å². The van der Waals surface area contributed by atoms with E-state index in [1.54, 1.807) is 13.1 Å². The summed E-state index contributed by atoms with van der Waals surface area (Å²) in [5, 5.41) is 9.23. The minimum absolute atomic E-state index is 0.383. The quantitative estimate of drug-likeness (QED) is 0.682. The van der Waals surface area contributed by atoms with Crippen molar-refractivity contribution in [3.8, 4) is 0 Å². The van der Waals surface area contributed by atoms with E-state index in [1.807, 2.05) is 19.1 Å². The number of nitrogens with zero attached hydrogens (tertiary/aromatic N) is 1. The zero-order chi connectivity index (χ0) is 9.14. The second kappa shape index (κ2) is 3.65. The van der Waals surface area contributed by atoms with E-state index in [1.165, 1.54) is 0 Å². The van der Waals surface area contributed by atoms with Gasteiger partial charge in [-0.3, -0.25) is 4.98 Å². The fraction of sp³-hybridized carbons (Fsp3) is 0.444. The zero-order valence-electron chi connectivity index (χ0n) is 7.36. The number of hydrogen-bond acceptors (Lipinski definition) is 3. The number of pyridine rings is 1. The molecule has 0 amide bonds. The lowest BCUT2D eigenvalue weighted by molar-refractivity contribution is 0.162. The molecule has 0 bridgehead atoms. The lowest BCUT2D eigenvalue weighted by Crippen LogP contribution is -2.24. The molecule has 0 aromatic carbocycles. The highest BCUT2D eigenvalue weighted by atomic mass is 16.3. The predicted octanol–water partition coefficient (Wildman–Crippen LogP) is 0.771. The van der Waals surface area contributed by atoms with E-state index in [-0.39, 0.29) is 6.04 Å². The zero-order valence-corrected chi connectivity index (χ0v) is 7.36. The van der Waals surface area contributed by atoms with Crippen LogP contribution in [0.25, 0.3) is 0 Å². The minimum Gasteiger partial charge on any atom is -0.391 e. The smallest absolute Gasteiger partial charge is 0.0733 e. The summed E-state index contributed by atoms with van der Waals surface area (Å²) in [4.78, 5) is 4.11. The Morgan fingerprint density at radius 1 is 1.58 bits per heavy atom. The van der Waals surface area contributed by atoms with Gasteiger partial charge in [-0.2, -0.15) is 0 Å². The molecule has 1 rings (SSSR count). The highest BCUT2D eigenvalue weighted by Gasteiger charge is 2.14. The van der Waals surface area contributed by atoms with Gasteiger partial charge in [0, 0.05) is 6.20 Å². The van der Waals surface area contributed by atoms with Crippen LogP contribution < -0.4 is 5.73 Å². The molecule has 1 heterocycles. The van der Waals surface area contributed by atoms with E-state index in [0.717, 1.165) is 11.3 Å². The molecule has 0 aliphatic rings. The fourth-order valence-electron chi connectivity index (χ4n) is 1.08. The summed E-state index contributed by atoms with van der Waals surface area (Å²) in [7, 11) is 0. The monoisotopic (exact) mass is 166 g/mol. The van der Waals surface area contributed by atoms with Crippen LogP contribution in [0.15, 0.2) is 18.3 Å². The number of nitrogens with two attached hydrogens (primary N) is 1. The van der Waals surface area contributed by atoms with Crippen molar-refractivity contribution in [1.82, 2.24) is 4.98 Å². The second-order valence-corrected chi connectivity index (χ2v) is 2.97. The number of aromatic nitrogens is 1. The Morgan fingerprint density at radius 2 is 2.25 bits per heavy atom. The van der Waals surface area contributed by atoms with E-state index < -0.39 is 6.10 Å². The second-order valence-electron chi connectivity index (χ2n) is 2.97. The first-order valence-electron chi connectivity index (χ1n) is 3.98. The number of aliphatic hydroxyl groups excluding tert-OH is 1. The number of aliphatic hydroxyl groups is 1. The summed E-state index contributed by atoms with van der Waals surface area (Å²) in [6.45, 7) is 3.60. The van der Waals surface area contributed by atoms with Crippen molar-refractivity contribution < 1.29 is 5.11 Å². The van der Waals surface area contributed by atoms with E-state index in [4.69, 9.17) is 5.73 Å². The highest BCUT2D eigenvalue weighted by molar-refractivity contribution is 5.21. The van der Waals surface area contributed by atoms with E-state index >= 15 is 0 Å². The normalized spacial score (nSPS) is 15.7. The van der Waals surface area contributed by atoms with Crippen molar-refractivity contribution >= 4 is 0 Å². The predicted molar refractivity (Wildman–Crippen MR) is 47.6 cm³/mol. The Morgan fingerprint density at radius 3 is 2.75 bits per heavy atom. The topological polar surface area (TPSA) is 59.1 Å². The molecule has 12 heavy (non-hydrogen) atoms. The Hall–Kier alpha value is -0.930. The Bertz CT molecular complexity index is 260. The Labute approximate surface area is 72.2 Å². The first-order chi connectivity index (χ1) is 5.63. The molecule has 2 unspecified atom stereocenters. The van der Waals surface area contributed by atoms with Gasteiger partial charge in [0.25, 0.3) is 0 Å². The van der Waals surface area contributed by atoms with Gasteiger partial charge in [-0.05, 0) is 25.5 Å². The Balaban J connectivity index is 2.94. The van der Waals surface area contributed by atoms with Crippen LogP contribution in [0.2, 0.25) is 0 Å². The van der Waals surface area contributed by atoms with Crippen LogP contribution in [0, 0.1) is 6.92 Å². The molecule has 0 saturated heterocycles. The molecule has 0 spiro atoms. The molecule has 0 aliphatic heterocycles. The number of aryl methyl sites for hydroxylation is 1. The van der Waals surface area contributed by atoms with Crippen LogP contribution in [-0.2, 0) is 0 Å². The average Bonchev–Trinajstić information content (AvgIpc) is 2.04. The Kier molecular flexibility index (Phi) is 2.78. The first kappa shape index (κ1) is 9.16. The van der Waals surface area contributed by atoms with Gasteiger partial charge in [-0.15, -0.1) is 0 Å². The molecule has 3 nitrogen and oxygen atoms in total. The maximum absolute atomic E-state index is 9.23. The molecular formula is C9H14N2O. The highest BCUT2D eigenvalue weighted by Crippen LogP contribution is 2.14. The van der Waals surface area contributed by atoms with Crippen LogP contribution in [0.4, 0.5) is 0 Å². The standard InChI is InChI=1S/C9H14N2O/c1-6-4-3-5-11-9(6)8(10)7(2)12/h3-5,7-8,12H,10H2,1-2H3. The molecule has 1 aromatic rings. The molecule has 3 N–H and O–H groups in total. The van der Waals surface area contributed by atoms with Crippen molar-refractivity contribution in [2.75, 3.05) is 0 Å². The van der Waals surface area contributed by atoms with Gasteiger partial charge < -0.3 is 10.8 Å². The fourth-order valence-corrected chi connectivity index (χ4v) is 1.08. The summed E-state index contributed by atoms with van der Waals surface area (Å²) in [6, 6.07) is 3.41. The van der Waals surface area contributed by atoms with Gasteiger partial charge in [0.15, 0.2) is 0 Å². The molecule has 0 fully saturated rings. The summed E-state index contributed by atoms with van der Waals surface area (Å²) < 4.78 is 0.